The predicted octanol–water partition coefficient (Wildman–Crippen LogP) is 3.28. The lowest BCUT2D eigenvalue weighted by Gasteiger charge is -2.10. The van der Waals surface area contributed by atoms with E-state index in [-0.39, 0.29) is 10.7 Å². The highest BCUT2D eigenvalue weighted by molar-refractivity contribution is 7.92. The Morgan fingerprint density at radius 3 is 2.81 bits per heavy atom. The van der Waals surface area contributed by atoms with Crippen molar-refractivity contribution < 1.29 is 12.8 Å². The van der Waals surface area contributed by atoms with E-state index in [4.69, 9.17) is 11.6 Å². The summed E-state index contributed by atoms with van der Waals surface area (Å²) in [6, 6.07) is 5.61. The smallest absolute Gasteiger partial charge is 0.274 e. The van der Waals surface area contributed by atoms with Crippen molar-refractivity contribution in [2.45, 2.75) is 5.03 Å². The quantitative estimate of drug-likeness (QED) is 0.792. The zero-order valence-electron chi connectivity index (χ0n) is 10.2. The Bertz CT molecular complexity index is 927. The second-order valence-electron chi connectivity index (χ2n) is 4.02. The molecule has 1 aromatic carbocycles. The number of pyridine rings is 1. The fourth-order valence-corrected chi connectivity index (χ4v) is 3.79. The molecule has 9 heteroatoms. The van der Waals surface area contributed by atoms with Crippen molar-refractivity contribution in [2.75, 3.05) is 4.72 Å². The lowest BCUT2D eigenvalue weighted by Crippen LogP contribution is -2.16. The summed E-state index contributed by atoms with van der Waals surface area (Å²) in [7, 11) is -4.19. The Labute approximate surface area is 128 Å². The first-order valence-corrected chi connectivity index (χ1v) is 8.38. The van der Waals surface area contributed by atoms with Crippen LogP contribution in [0.4, 0.5) is 10.1 Å². The van der Waals surface area contributed by atoms with Crippen molar-refractivity contribution in [3.63, 3.8) is 0 Å². The van der Waals surface area contributed by atoms with Gasteiger partial charge in [0.2, 0.25) is 5.03 Å². The van der Waals surface area contributed by atoms with Gasteiger partial charge in [0.25, 0.3) is 10.0 Å². The van der Waals surface area contributed by atoms with Crippen LogP contribution in [0.5, 0.6) is 0 Å². The average molecular weight is 344 g/mol. The SMILES string of the molecule is O=S(=O)(Nc1c(Cl)ccc2scnc12)c1ncccc1F. The molecule has 0 aliphatic rings. The third-order valence-electron chi connectivity index (χ3n) is 2.67. The standard InChI is InChI=1S/C12H7ClFN3O2S2/c13-7-3-4-9-11(16-6-20-9)10(7)17-21(18,19)12-8(14)2-1-5-15-12/h1-6,17H. The van der Waals surface area contributed by atoms with Crippen LogP contribution in [0.25, 0.3) is 10.2 Å². The van der Waals surface area contributed by atoms with Crippen LogP contribution in [0.2, 0.25) is 5.02 Å². The summed E-state index contributed by atoms with van der Waals surface area (Å²) in [5, 5.41) is -0.512. The van der Waals surface area contributed by atoms with Crippen molar-refractivity contribution in [3.05, 3.63) is 46.8 Å². The van der Waals surface area contributed by atoms with Crippen LogP contribution in [0.15, 0.2) is 41.0 Å². The van der Waals surface area contributed by atoms with Crippen LogP contribution in [0, 0.1) is 5.82 Å². The van der Waals surface area contributed by atoms with E-state index in [1.54, 1.807) is 17.6 Å². The molecule has 5 nitrogen and oxygen atoms in total. The summed E-state index contributed by atoms with van der Waals surface area (Å²) in [5.41, 5.74) is 2.09. The molecule has 108 valence electrons. The Balaban J connectivity index is 2.12. The van der Waals surface area contributed by atoms with Crippen molar-refractivity contribution >= 4 is 48.9 Å². The largest absolute Gasteiger partial charge is 0.282 e. The van der Waals surface area contributed by atoms with E-state index in [1.807, 2.05) is 0 Å². The van der Waals surface area contributed by atoms with E-state index in [0.29, 0.717) is 5.52 Å². The Hall–Kier alpha value is -1.77. The van der Waals surface area contributed by atoms with E-state index in [9.17, 15) is 12.8 Å². The molecular formula is C12H7ClFN3O2S2. The van der Waals surface area contributed by atoms with Crippen LogP contribution in [0.1, 0.15) is 0 Å². The van der Waals surface area contributed by atoms with E-state index < -0.39 is 20.9 Å². The summed E-state index contributed by atoms with van der Waals surface area (Å²) in [5.74, 6) is -0.938. The molecule has 0 aliphatic heterocycles. The molecule has 2 aromatic heterocycles. The first-order valence-electron chi connectivity index (χ1n) is 5.64. The number of anilines is 1. The topological polar surface area (TPSA) is 72.0 Å². The van der Waals surface area contributed by atoms with Crippen LogP contribution in [-0.4, -0.2) is 18.4 Å². The molecule has 21 heavy (non-hydrogen) atoms. The lowest BCUT2D eigenvalue weighted by atomic mass is 10.3. The average Bonchev–Trinajstić information content (AvgIpc) is 2.91. The van der Waals surface area contributed by atoms with Gasteiger partial charge in [-0.05, 0) is 24.3 Å². The summed E-state index contributed by atoms with van der Waals surface area (Å²) in [6.45, 7) is 0. The number of nitrogens with one attached hydrogen (secondary N) is 1. The Kier molecular flexibility index (Phi) is 3.52. The first-order chi connectivity index (χ1) is 9.99. The third-order valence-corrected chi connectivity index (χ3v) is 5.06. The summed E-state index contributed by atoms with van der Waals surface area (Å²) < 4.78 is 41.1. The maximum atomic E-state index is 13.6. The lowest BCUT2D eigenvalue weighted by molar-refractivity contribution is 0.557. The number of hydrogen-bond acceptors (Lipinski definition) is 5. The minimum Gasteiger partial charge on any atom is -0.274 e. The molecule has 0 radical (unpaired) electrons. The number of nitrogens with zero attached hydrogens (tertiary/aromatic N) is 2. The molecule has 0 saturated carbocycles. The highest BCUT2D eigenvalue weighted by atomic mass is 35.5. The molecular weight excluding hydrogens is 337 g/mol. The van der Waals surface area contributed by atoms with Crippen molar-refractivity contribution in [1.29, 1.82) is 0 Å². The summed E-state index contributed by atoms with van der Waals surface area (Å²) in [4.78, 5) is 7.63. The van der Waals surface area contributed by atoms with Gasteiger partial charge in [0, 0.05) is 6.20 Å². The van der Waals surface area contributed by atoms with Crippen molar-refractivity contribution in [1.82, 2.24) is 9.97 Å². The van der Waals surface area contributed by atoms with E-state index in [1.165, 1.54) is 23.6 Å². The zero-order valence-corrected chi connectivity index (χ0v) is 12.6. The molecule has 2 heterocycles. The van der Waals surface area contributed by atoms with Gasteiger partial charge in [0.15, 0.2) is 5.82 Å². The fraction of sp³-hybridized carbons (Fsp3) is 0. The van der Waals surface area contributed by atoms with Gasteiger partial charge in [0.05, 0.1) is 20.9 Å². The van der Waals surface area contributed by atoms with Crippen LogP contribution >= 0.6 is 22.9 Å². The van der Waals surface area contributed by atoms with Crippen molar-refractivity contribution in [2.24, 2.45) is 0 Å². The maximum Gasteiger partial charge on any atom is 0.282 e. The molecule has 0 fully saturated rings. The van der Waals surface area contributed by atoms with Crippen LogP contribution in [0.3, 0.4) is 0 Å². The molecule has 0 bridgehead atoms. The van der Waals surface area contributed by atoms with Gasteiger partial charge in [-0.15, -0.1) is 11.3 Å². The second-order valence-corrected chi connectivity index (χ2v) is 6.91. The monoisotopic (exact) mass is 343 g/mol. The predicted molar refractivity (Wildman–Crippen MR) is 79.6 cm³/mol. The summed E-state index contributed by atoms with van der Waals surface area (Å²) >= 11 is 7.36. The van der Waals surface area contributed by atoms with Gasteiger partial charge in [-0.3, -0.25) is 4.72 Å². The first kappa shape index (κ1) is 14.2. The number of rotatable bonds is 3. The van der Waals surface area contributed by atoms with Gasteiger partial charge in [-0.2, -0.15) is 8.42 Å². The molecule has 0 saturated heterocycles. The maximum absolute atomic E-state index is 13.6. The van der Waals surface area contributed by atoms with Crippen LogP contribution in [-0.2, 0) is 10.0 Å². The molecule has 1 N–H and O–H groups in total. The number of halogens is 2. The van der Waals surface area contributed by atoms with Gasteiger partial charge in [0.1, 0.15) is 5.52 Å². The molecule has 0 unspecified atom stereocenters. The highest BCUT2D eigenvalue weighted by Crippen LogP contribution is 2.33. The van der Waals surface area contributed by atoms with Gasteiger partial charge < -0.3 is 0 Å². The van der Waals surface area contributed by atoms with Gasteiger partial charge in [-0.25, -0.2) is 14.4 Å². The van der Waals surface area contributed by atoms with Crippen LogP contribution < -0.4 is 4.72 Å². The van der Waals surface area contributed by atoms with E-state index in [0.717, 1.165) is 10.8 Å². The zero-order chi connectivity index (χ0) is 15.0. The van der Waals surface area contributed by atoms with E-state index >= 15 is 0 Å². The fourth-order valence-electron chi connectivity index (χ4n) is 1.76. The number of hydrogen-bond donors (Lipinski definition) is 1. The molecule has 3 aromatic rings. The number of benzene rings is 1. The summed E-state index contributed by atoms with van der Waals surface area (Å²) in [6.07, 6.45) is 1.20. The van der Waals surface area contributed by atoms with Gasteiger partial charge >= 0.3 is 0 Å². The second kappa shape index (κ2) is 5.21. The minimum atomic E-state index is -4.19. The molecule has 0 spiro atoms. The van der Waals surface area contributed by atoms with Gasteiger partial charge in [-0.1, -0.05) is 11.6 Å². The number of sulfonamides is 1. The molecule has 0 atom stereocenters. The molecule has 3 rings (SSSR count). The number of fused-ring (bicyclic) bond motifs is 1. The normalized spacial score (nSPS) is 11.7. The molecule has 0 aliphatic carbocycles. The highest BCUT2D eigenvalue weighted by Gasteiger charge is 2.23. The Morgan fingerprint density at radius 1 is 1.24 bits per heavy atom. The van der Waals surface area contributed by atoms with E-state index in [2.05, 4.69) is 14.7 Å². The number of thiazole rings is 1. The van der Waals surface area contributed by atoms with Crippen molar-refractivity contribution in [3.8, 4) is 0 Å². The third kappa shape index (κ3) is 2.57. The minimum absolute atomic E-state index is 0.112. The molecule has 0 amide bonds. The number of aromatic nitrogens is 2. The Morgan fingerprint density at radius 2 is 2.05 bits per heavy atom.